The molecular formula is C14H31NO6S. The van der Waals surface area contributed by atoms with E-state index in [9.17, 15) is 4.79 Å². The summed E-state index contributed by atoms with van der Waals surface area (Å²) in [5, 5.41) is 11.4. The zero-order valence-corrected chi connectivity index (χ0v) is 14.4. The molecule has 0 radical (unpaired) electrons. The molecule has 0 aliphatic heterocycles. The van der Waals surface area contributed by atoms with Crippen LogP contribution in [0, 0.1) is 0 Å². The third-order valence-corrected chi connectivity index (χ3v) is 2.88. The lowest BCUT2D eigenvalue weighted by Gasteiger charge is -2.07. The van der Waals surface area contributed by atoms with E-state index in [0.29, 0.717) is 6.42 Å². The Morgan fingerprint density at radius 3 is 1.68 bits per heavy atom. The molecule has 4 N–H and O–H groups in total. The normalized spacial score (nSPS) is 12.2. The lowest BCUT2D eigenvalue weighted by Crippen LogP contribution is -2.31. The highest BCUT2D eigenvalue weighted by Gasteiger charge is 2.02. The largest absolute Gasteiger partial charge is 0.394 e. The van der Waals surface area contributed by atoms with Crippen molar-refractivity contribution in [2.45, 2.75) is 84.3 Å². The van der Waals surface area contributed by atoms with E-state index < -0.39 is 16.6 Å². The summed E-state index contributed by atoms with van der Waals surface area (Å²) in [7, 11) is -4.67. The molecule has 0 rings (SSSR count). The summed E-state index contributed by atoms with van der Waals surface area (Å²) in [6, 6.07) is 0. The Morgan fingerprint density at radius 2 is 1.32 bits per heavy atom. The third-order valence-electron chi connectivity index (χ3n) is 2.88. The maximum Gasteiger partial charge on any atom is 0.394 e. The van der Waals surface area contributed by atoms with Gasteiger partial charge in [0, 0.05) is 6.42 Å². The number of rotatable bonds is 11. The SMILES string of the molecule is CCCCCCCCCCCC(=O)NC(C)O.O=S(=O)(O)O. The van der Waals surface area contributed by atoms with Crippen LogP contribution in [0.1, 0.15) is 78.1 Å². The Hall–Kier alpha value is -0.700. The fourth-order valence-electron chi connectivity index (χ4n) is 1.90. The van der Waals surface area contributed by atoms with E-state index in [-0.39, 0.29) is 5.91 Å². The van der Waals surface area contributed by atoms with Crippen LogP contribution in [0.4, 0.5) is 0 Å². The third kappa shape index (κ3) is 31.6. The van der Waals surface area contributed by atoms with Crippen LogP contribution < -0.4 is 5.32 Å². The van der Waals surface area contributed by atoms with Gasteiger partial charge in [-0.25, -0.2) is 0 Å². The first-order chi connectivity index (χ1) is 10.2. The Morgan fingerprint density at radius 1 is 0.955 bits per heavy atom. The maximum absolute atomic E-state index is 11.2. The van der Waals surface area contributed by atoms with Gasteiger partial charge in [-0.05, 0) is 13.3 Å². The zero-order valence-electron chi connectivity index (χ0n) is 13.6. The van der Waals surface area contributed by atoms with Gasteiger partial charge in [0.1, 0.15) is 6.23 Å². The van der Waals surface area contributed by atoms with Gasteiger partial charge in [-0.15, -0.1) is 0 Å². The summed E-state index contributed by atoms with van der Waals surface area (Å²) in [4.78, 5) is 11.2. The highest BCUT2D eigenvalue weighted by Crippen LogP contribution is 2.10. The van der Waals surface area contributed by atoms with E-state index in [0.717, 1.165) is 12.8 Å². The van der Waals surface area contributed by atoms with Crippen LogP contribution in [0.25, 0.3) is 0 Å². The molecular weight excluding hydrogens is 310 g/mol. The van der Waals surface area contributed by atoms with E-state index >= 15 is 0 Å². The van der Waals surface area contributed by atoms with Crippen LogP contribution >= 0.6 is 0 Å². The van der Waals surface area contributed by atoms with Crippen LogP contribution in [0.3, 0.4) is 0 Å². The lowest BCUT2D eigenvalue weighted by molar-refractivity contribution is -0.123. The second-order valence-electron chi connectivity index (χ2n) is 5.27. The van der Waals surface area contributed by atoms with Crippen LogP contribution in [0.2, 0.25) is 0 Å². The first kappa shape index (κ1) is 23.6. The molecule has 0 saturated heterocycles. The number of nitrogens with one attached hydrogen (secondary N) is 1. The van der Waals surface area contributed by atoms with Crippen LogP contribution in [0.5, 0.6) is 0 Å². The number of aliphatic hydroxyl groups is 1. The minimum atomic E-state index is -4.67. The van der Waals surface area contributed by atoms with E-state index in [4.69, 9.17) is 22.6 Å². The summed E-state index contributed by atoms with van der Waals surface area (Å²) in [6.07, 6.45) is 11.1. The monoisotopic (exact) mass is 341 g/mol. The molecule has 7 nitrogen and oxygen atoms in total. The second kappa shape index (κ2) is 15.2. The van der Waals surface area contributed by atoms with Crippen molar-refractivity contribution in [2.75, 3.05) is 0 Å². The molecule has 1 atom stereocenters. The molecule has 0 aromatic rings. The van der Waals surface area contributed by atoms with E-state index in [1.54, 1.807) is 6.92 Å². The molecule has 1 amide bonds. The molecule has 0 spiro atoms. The molecule has 8 heteroatoms. The van der Waals surface area contributed by atoms with Gasteiger partial charge in [0.25, 0.3) is 0 Å². The molecule has 134 valence electrons. The van der Waals surface area contributed by atoms with E-state index in [1.165, 1.54) is 44.9 Å². The summed E-state index contributed by atoms with van der Waals surface area (Å²) in [5.74, 6) is -0.0389. The number of unbranched alkanes of at least 4 members (excludes halogenated alkanes) is 8. The molecule has 0 aliphatic rings. The van der Waals surface area contributed by atoms with Gasteiger partial charge in [0.2, 0.25) is 5.91 Å². The lowest BCUT2D eigenvalue weighted by atomic mass is 10.1. The number of hydrogen-bond donors (Lipinski definition) is 4. The first-order valence-electron chi connectivity index (χ1n) is 7.84. The van der Waals surface area contributed by atoms with Gasteiger partial charge in [-0.3, -0.25) is 13.9 Å². The molecule has 0 fully saturated rings. The Kier molecular flexibility index (Phi) is 16.3. The molecule has 22 heavy (non-hydrogen) atoms. The smallest absolute Gasteiger partial charge is 0.374 e. The average Bonchev–Trinajstić information content (AvgIpc) is 2.34. The van der Waals surface area contributed by atoms with E-state index in [1.807, 2.05) is 0 Å². The van der Waals surface area contributed by atoms with Gasteiger partial charge >= 0.3 is 10.4 Å². The molecule has 0 aliphatic carbocycles. The molecule has 0 aromatic carbocycles. The van der Waals surface area contributed by atoms with Gasteiger partial charge in [-0.1, -0.05) is 58.3 Å². The zero-order chi connectivity index (χ0) is 17.4. The predicted octanol–water partition coefficient (Wildman–Crippen LogP) is 2.71. The summed E-state index contributed by atoms with van der Waals surface area (Å²) in [6.45, 7) is 3.80. The highest BCUT2D eigenvalue weighted by atomic mass is 32.3. The standard InChI is InChI=1S/C14H29NO2.H2O4S/c1-3-4-5-6-7-8-9-10-11-12-14(17)15-13(2)16;1-5(2,3)4/h13,16H,3-12H2,1-2H3,(H,15,17);(H2,1,2,3,4). The van der Waals surface area contributed by atoms with Gasteiger partial charge in [0.15, 0.2) is 0 Å². The summed E-state index contributed by atoms with van der Waals surface area (Å²) >= 11 is 0. The molecule has 1 unspecified atom stereocenters. The van der Waals surface area contributed by atoms with Crippen molar-refractivity contribution in [3.8, 4) is 0 Å². The summed E-state index contributed by atoms with van der Waals surface area (Å²) in [5.41, 5.74) is 0. The molecule has 0 heterocycles. The van der Waals surface area contributed by atoms with E-state index in [2.05, 4.69) is 12.2 Å². The average molecular weight is 341 g/mol. The predicted molar refractivity (Wildman–Crippen MR) is 85.8 cm³/mol. The number of carbonyl (C=O) groups excluding carboxylic acids is 1. The molecule has 0 saturated carbocycles. The number of carbonyl (C=O) groups is 1. The van der Waals surface area contributed by atoms with Crippen molar-refractivity contribution in [3.05, 3.63) is 0 Å². The van der Waals surface area contributed by atoms with Gasteiger partial charge in [-0.2, -0.15) is 8.42 Å². The fraction of sp³-hybridized carbons (Fsp3) is 0.929. The maximum atomic E-state index is 11.2. The van der Waals surface area contributed by atoms with Crippen LogP contribution in [0.15, 0.2) is 0 Å². The van der Waals surface area contributed by atoms with Crippen molar-refractivity contribution in [1.82, 2.24) is 5.32 Å². The van der Waals surface area contributed by atoms with Crippen LogP contribution in [-0.2, 0) is 15.2 Å². The summed E-state index contributed by atoms with van der Waals surface area (Å²) < 4.78 is 31.6. The van der Waals surface area contributed by atoms with Crippen LogP contribution in [-0.4, -0.2) is 34.8 Å². The first-order valence-corrected chi connectivity index (χ1v) is 9.23. The quantitative estimate of drug-likeness (QED) is 0.260. The second-order valence-corrected chi connectivity index (χ2v) is 6.17. The number of hydrogen-bond acceptors (Lipinski definition) is 4. The molecule has 0 bridgehead atoms. The number of amides is 1. The highest BCUT2D eigenvalue weighted by molar-refractivity contribution is 7.79. The Balaban J connectivity index is 0. The Labute approximate surface area is 134 Å². The van der Waals surface area contributed by atoms with Crippen molar-refractivity contribution in [2.24, 2.45) is 0 Å². The minimum absolute atomic E-state index is 0.0389. The molecule has 0 aromatic heterocycles. The number of aliphatic hydroxyl groups excluding tert-OH is 1. The Bertz CT molecular complexity index is 348. The topological polar surface area (TPSA) is 124 Å². The van der Waals surface area contributed by atoms with Gasteiger partial charge < -0.3 is 10.4 Å². The van der Waals surface area contributed by atoms with Crippen molar-refractivity contribution in [1.29, 1.82) is 0 Å². The van der Waals surface area contributed by atoms with Crippen molar-refractivity contribution >= 4 is 16.3 Å². The van der Waals surface area contributed by atoms with Gasteiger partial charge in [0.05, 0.1) is 0 Å². The minimum Gasteiger partial charge on any atom is -0.374 e. The van der Waals surface area contributed by atoms with Crippen molar-refractivity contribution in [3.63, 3.8) is 0 Å². The fourth-order valence-corrected chi connectivity index (χ4v) is 1.90. The van der Waals surface area contributed by atoms with Crippen molar-refractivity contribution < 1.29 is 27.4 Å².